The van der Waals surface area contributed by atoms with E-state index in [1.165, 1.54) is 11.8 Å². The number of hydrogen-bond acceptors (Lipinski definition) is 5. The molecule has 0 radical (unpaired) electrons. The molecule has 0 aliphatic carbocycles. The first-order valence-electron chi connectivity index (χ1n) is 7.16. The molecule has 2 aromatic heterocycles. The number of rotatable bonds is 6. The van der Waals surface area contributed by atoms with Crippen LogP contribution < -0.4 is 5.32 Å². The molecule has 118 valence electrons. The Morgan fingerprint density at radius 3 is 2.87 bits per heavy atom. The molecule has 0 bridgehead atoms. The van der Waals surface area contributed by atoms with Crippen molar-refractivity contribution in [2.75, 3.05) is 5.75 Å². The Hall–Kier alpha value is -2.12. The fraction of sp³-hybridized carbons (Fsp3) is 0.188. The molecule has 0 saturated heterocycles. The van der Waals surface area contributed by atoms with Crippen LogP contribution in [0.4, 0.5) is 0 Å². The molecule has 0 unspecified atom stereocenters. The number of amides is 1. The van der Waals surface area contributed by atoms with E-state index in [1.54, 1.807) is 11.3 Å². The van der Waals surface area contributed by atoms with Crippen molar-refractivity contribution in [3.8, 4) is 11.4 Å². The van der Waals surface area contributed by atoms with Crippen LogP contribution in [0.3, 0.4) is 0 Å². The van der Waals surface area contributed by atoms with E-state index in [1.807, 2.05) is 54.8 Å². The second kappa shape index (κ2) is 7.43. The summed E-state index contributed by atoms with van der Waals surface area (Å²) < 4.78 is 0. The minimum Gasteiger partial charge on any atom is -0.348 e. The molecule has 3 rings (SSSR count). The number of benzene rings is 1. The number of thiophene rings is 1. The van der Waals surface area contributed by atoms with Crippen molar-refractivity contribution >= 4 is 29.0 Å². The molecule has 2 heterocycles. The van der Waals surface area contributed by atoms with Crippen molar-refractivity contribution in [3.63, 3.8) is 0 Å². The molecule has 7 heteroatoms. The summed E-state index contributed by atoms with van der Waals surface area (Å²) in [6, 6.07) is 13.8. The largest absolute Gasteiger partial charge is 0.348 e. The van der Waals surface area contributed by atoms with E-state index >= 15 is 0 Å². The SMILES string of the molecule is C[C@@H](NC(=O)CSc1n[nH]c(-c2ccccc2)n1)c1cccs1. The number of hydrogen-bond donors (Lipinski definition) is 2. The molecule has 0 fully saturated rings. The first-order valence-corrected chi connectivity index (χ1v) is 9.02. The lowest BCUT2D eigenvalue weighted by Gasteiger charge is -2.11. The predicted octanol–water partition coefficient (Wildman–Crippen LogP) is 3.50. The zero-order valence-electron chi connectivity index (χ0n) is 12.5. The Labute approximate surface area is 142 Å². The van der Waals surface area contributed by atoms with Gasteiger partial charge in [-0.3, -0.25) is 9.89 Å². The Bertz CT molecular complexity index is 756. The first kappa shape index (κ1) is 15.8. The molecule has 1 aromatic carbocycles. The van der Waals surface area contributed by atoms with Crippen LogP contribution in [0, 0.1) is 0 Å². The minimum atomic E-state index is -0.0260. The monoisotopic (exact) mass is 344 g/mol. The third-order valence-electron chi connectivity index (χ3n) is 3.19. The molecule has 5 nitrogen and oxygen atoms in total. The molecule has 0 aliphatic rings. The highest BCUT2D eigenvalue weighted by molar-refractivity contribution is 7.99. The molecule has 3 aromatic rings. The molecular weight excluding hydrogens is 328 g/mol. The second-order valence-corrected chi connectivity index (χ2v) is 6.85. The number of nitrogens with one attached hydrogen (secondary N) is 2. The number of aromatic amines is 1. The summed E-state index contributed by atoms with van der Waals surface area (Å²) in [5.41, 5.74) is 0.975. The molecule has 0 aliphatic heterocycles. The van der Waals surface area contributed by atoms with Gasteiger partial charge in [-0.15, -0.1) is 16.4 Å². The molecule has 23 heavy (non-hydrogen) atoms. The number of carbonyl (C=O) groups is 1. The maximum absolute atomic E-state index is 12.0. The van der Waals surface area contributed by atoms with Crippen molar-refractivity contribution in [3.05, 3.63) is 52.7 Å². The molecule has 1 amide bonds. The van der Waals surface area contributed by atoms with E-state index in [0.29, 0.717) is 16.7 Å². The van der Waals surface area contributed by atoms with Crippen LogP contribution in [0.1, 0.15) is 17.8 Å². The van der Waals surface area contributed by atoms with Gasteiger partial charge in [0.2, 0.25) is 11.1 Å². The van der Waals surface area contributed by atoms with Gasteiger partial charge in [-0.25, -0.2) is 4.98 Å². The molecule has 0 saturated carbocycles. The maximum atomic E-state index is 12.0. The molecular formula is C16H16N4OS2. The highest BCUT2D eigenvalue weighted by Crippen LogP contribution is 2.20. The van der Waals surface area contributed by atoms with E-state index in [-0.39, 0.29) is 11.9 Å². The van der Waals surface area contributed by atoms with E-state index in [2.05, 4.69) is 20.5 Å². The lowest BCUT2D eigenvalue weighted by atomic mass is 10.2. The lowest BCUT2D eigenvalue weighted by Crippen LogP contribution is -2.27. The number of aromatic nitrogens is 3. The van der Waals surface area contributed by atoms with Crippen LogP contribution in [-0.4, -0.2) is 26.8 Å². The van der Waals surface area contributed by atoms with Crippen LogP contribution in [0.15, 0.2) is 53.0 Å². The third-order valence-corrected chi connectivity index (χ3v) is 5.09. The third kappa shape index (κ3) is 4.20. The average molecular weight is 344 g/mol. The normalized spacial score (nSPS) is 12.0. The van der Waals surface area contributed by atoms with Crippen molar-refractivity contribution < 1.29 is 4.79 Å². The van der Waals surface area contributed by atoms with Crippen LogP contribution in [-0.2, 0) is 4.79 Å². The highest BCUT2D eigenvalue weighted by Gasteiger charge is 2.12. The minimum absolute atomic E-state index is 0.0233. The van der Waals surface area contributed by atoms with Gasteiger partial charge in [0.25, 0.3) is 0 Å². The summed E-state index contributed by atoms with van der Waals surface area (Å²) in [5, 5.41) is 12.6. The number of H-pyrrole nitrogens is 1. The summed E-state index contributed by atoms with van der Waals surface area (Å²) in [6.45, 7) is 1.98. The second-order valence-electron chi connectivity index (χ2n) is 4.93. The van der Waals surface area contributed by atoms with Gasteiger partial charge >= 0.3 is 0 Å². The summed E-state index contributed by atoms with van der Waals surface area (Å²) in [7, 11) is 0. The Balaban J connectivity index is 1.52. The van der Waals surface area contributed by atoms with Crippen LogP contribution in [0.5, 0.6) is 0 Å². The van der Waals surface area contributed by atoms with E-state index in [0.717, 1.165) is 10.4 Å². The quantitative estimate of drug-likeness (QED) is 0.672. The standard InChI is InChI=1S/C16H16N4OS2/c1-11(13-8-5-9-22-13)17-14(21)10-23-16-18-15(19-20-16)12-6-3-2-4-7-12/h2-9,11H,10H2,1H3,(H,17,21)(H,18,19,20)/t11-/m1/s1. The van der Waals surface area contributed by atoms with Crippen molar-refractivity contribution in [1.29, 1.82) is 0 Å². The Morgan fingerprint density at radius 1 is 1.30 bits per heavy atom. The molecule has 2 N–H and O–H groups in total. The summed E-state index contributed by atoms with van der Waals surface area (Å²) in [6.07, 6.45) is 0. The van der Waals surface area contributed by atoms with Crippen molar-refractivity contribution in [1.82, 2.24) is 20.5 Å². The summed E-state index contributed by atoms with van der Waals surface area (Å²) in [4.78, 5) is 17.6. The smallest absolute Gasteiger partial charge is 0.230 e. The van der Waals surface area contributed by atoms with Gasteiger partial charge < -0.3 is 5.32 Å². The van der Waals surface area contributed by atoms with E-state index in [4.69, 9.17) is 0 Å². The fourth-order valence-electron chi connectivity index (χ4n) is 2.06. The van der Waals surface area contributed by atoms with Crippen LogP contribution in [0.25, 0.3) is 11.4 Å². The van der Waals surface area contributed by atoms with Crippen LogP contribution in [0.2, 0.25) is 0 Å². The maximum Gasteiger partial charge on any atom is 0.230 e. The number of nitrogens with zero attached hydrogens (tertiary/aromatic N) is 2. The summed E-state index contributed by atoms with van der Waals surface area (Å²) in [5.74, 6) is 0.976. The Morgan fingerprint density at radius 2 is 2.13 bits per heavy atom. The molecule has 1 atom stereocenters. The van der Waals surface area contributed by atoms with Gasteiger partial charge in [0.05, 0.1) is 11.8 Å². The van der Waals surface area contributed by atoms with Gasteiger partial charge in [-0.2, -0.15) is 0 Å². The van der Waals surface area contributed by atoms with Gasteiger partial charge in [0.15, 0.2) is 5.82 Å². The zero-order chi connectivity index (χ0) is 16.1. The predicted molar refractivity (Wildman–Crippen MR) is 93.4 cm³/mol. The first-order chi connectivity index (χ1) is 11.2. The average Bonchev–Trinajstić information content (AvgIpc) is 3.25. The number of thioether (sulfide) groups is 1. The van der Waals surface area contributed by atoms with E-state index < -0.39 is 0 Å². The lowest BCUT2D eigenvalue weighted by molar-refractivity contribution is -0.119. The zero-order valence-corrected chi connectivity index (χ0v) is 14.2. The van der Waals surface area contributed by atoms with E-state index in [9.17, 15) is 4.79 Å². The van der Waals surface area contributed by atoms with Gasteiger partial charge in [0, 0.05) is 10.4 Å². The fourth-order valence-corrected chi connectivity index (χ4v) is 3.40. The summed E-state index contributed by atoms with van der Waals surface area (Å²) >= 11 is 2.96. The topological polar surface area (TPSA) is 70.7 Å². The highest BCUT2D eigenvalue weighted by atomic mass is 32.2. The van der Waals surface area contributed by atoms with Gasteiger partial charge in [0.1, 0.15) is 0 Å². The van der Waals surface area contributed by atoms with Crippen molar-refractivity contribution in [2.45, 2.75) is 18.1 Å². The molecule has 0 spiro atoms. The Kier molecular flexibility index (Phi) is 5.09. The van der Waals surface area contributed by atoms with Crippen LogP contribution >= 0.6 is 23.1 Å². The van der Waals surface area contributed by atoms with Crippen molar-refractivity contribution in [2.24, 2.45) is 0 Å². The number of carbonyl (C=O) groups excluding carboxylic acids is 1. The van der Waals surface area contributed by atoms with Gasteiger partial charge in [-0.05, 0) is 18.4 Å². The van der Waals surface area contributed by atoms with Gasteiger partial charge in [-0.1, -0.05) is 48.2 Å².